The summed E-state index contributed by atoms with van der Waals surface area (Å²) in [5.74, 6) is -1.05. The third-order valence-corrected chi connectivity index (χ3v) is 7.99. The Morgan fingerprint density at radius 2 is 2.05 bits per heavy atom. The van der Waals surface area contributed by atoms with Crippen molar-refractivity contribution in [3.8, 4) is 17.1 Å². The number of phenols is 1. The van der Waals surface area contributed by atoms with Gasteiger partial charge in [-0.05, 0) is 47.6 Å². The minimum absolute atomic E-state index is 0.0322. The van der Waals surface area contributed by atoms with Crippen molar-refractivity contribution in [2.24, 2.45) is 0 Å². The van der Waals surface area contributed by atoms with Gasteiger partial charge in [0.15, 0.2) is 0 Å². The molecule has 43 heavy (non-hydrogen) atoms. The number of aromatic hydroxyl groups is 1. The van der Waals surface area contributed by atoms with E-state index in [4.69, 9.17) is 19.2 Å². The first-order chi connectivity index (χ1) is 20.7. The molecule has 0 saturated heterocycles. The minimum atomic E-state index is -1.93. The van der Waals surface area contributed by atoms with E-state index in [2.05, 4.69) is 4.98 Å². The summed E-state index contributed by atoms with van der Waals surface area (Å²) in [5, 5.41) is 21.9. The number of cyclic esters (lactones) is 1. The van der Waals surface area contributed by atoms with Crippen molar-refractivity contribution in [1.82, 2.24) is 19.1 Å². The summed E-state index contributed by atoms with van der Waals surface area (Å²) in [7, 11) is 0. The predicted octanol–water partition coefficient (Wildman–Crippen LogP) is 3.70. The minimum Gasteiger partial charge on any atom is -0.508 e. The van der Waals surface area contributed by atoms with E-state index < -0.39 is 22.6 Å². The quantitative estimate of drug-likeness (QED) is 0.121. The molecule has 4 aromatic rings. The second-order valence-corrected chi connectivity index (χ2v) is 10.3. The fourth-order valence-corrected chi connectivity index (χ4v) is 5.92. The maximum atomic E-state index is 13.8. The molecule has 0 radical (unpaired) electrons. The Labute approximate surface area is 243 Å². The standard InChI is InChI=1S/C29H27N5O9/c1-3-17-18-12-16(35)6-7-22(18)31-24-19(17)14-33-23(24)13-21-20(25(33)36)15-42-26(37)29(21,4-2)43-28(38)41-11-5-9-32-10-8-30-27(32)34(39)40/h6-8,10,12-13,35H,3-5,9,11,14-15H2,1-2H3/t29-/m0/s1. The zero-order valence-corrected chi connectivity index (χ0v) is 23.4. The largest absolute Gasteiger partial charge is 0.509 e. The lowest BCUT2D eigenvalue weighted by Crippen LogP contribution is -2.47. The van der Waals surface area contributed by atoms with E-state index in [9.17, 15) is 29.6 Å². The third-order valence-electron chi connectivity index (χ3n) is 7.99. The molecule has 0 bridgehead atoms. The zero-order chi connectivity index (χ0) is 30.5. The van der Waals surface area contributed by atoms with Gasteiger partial charge in [0.25, 0.3) is 5.56 Å². The van der Waals surface area contributed by atoms with Crippen LogP contribution in [0.1, 0.15) is 48.9 Å². The zero-order valence-electron chi connectivity index (χ0n) is 23.4. The van der Waals surface area contributed by atoms with Crippen LogP contribution in [-0.2, 0) is 50.7 Å². The molecule has 1 N–H and O–H groups in total. The monoisotopic (exact) mass is 589 g/mol. The molecule has 1 aromatic carbocycles. The maximum Gasteiger partial charge on any atom is 0.509 e. The lowest BCUT2D eigenvalue weighted by molar-refractivity contribution is -0.396. The van der Waals surface area contributed by atoms with Gasteiger partial charge in [0.1, 0.15) is 24.8 Å². The summed E-state index contributed by atoms with van der Waals surface area (Å²) < 4.78 is 19.1. The van der Waals surface area contributed by atoms with Crippen molar-refractivity contribution in [3.05, 3.63) is 79.4 Å². The number of aromatic nitrogens is 4. The molecule has 0 unspecified atom stereocenters. The third kappa shape index (κ3) is 4.45. The fourth-order valence-electron chi connectivity index (χ4n) is 5.92. The Morgan fingerprint density at radius 3 is 2.79 bits per heavy atom. The van der Waals surface area contributed by atoms with Crippen LogP contribution in [0.2, 0.25) is 0 Å². The summed E-state index contributed by atoms with van der Waals surface area (Å²) >= 11 is 0. The van der Waals surface area contributed by atoms with Gasteiger partial charge in [-0.25, -0.2) is 19.1 Å². The van der Waals surface area contributed by atoms with E-state index in [1.165, 1.54) is 17.0 Å². The average Bonchev–Trinajstić information content (AvgIpc) is 3.61. The first-order valence-corrected chi connectivity index (χ1v) is 13.8. The number of carbonyl (C=O) groups excluding carboxylic acids is 2. The topological polar surface area (TPSA) is 178 Å². The number of hydrogen-bond acceptors (Lipinski definition) is 11. The normalized spacial score (nSPS) is 16.7. The van der Waals surface area contributed by atoms with E-state index in [-0.39, 0.29) is 67.5 Å². The molecular formula is C29H27N5O9. The number of nitrogens with zero attached hydrogens (tertiary/aromatic N) is 5. The van der Waals surface area contributed by atoms with Crippen LogP contribution in [-0.4, -0.2) is 47.9 Å². The average molecular weight is 590 g/mol. The summed E-state index contributed by atoms with van der Waals surface area (Å²) in [4.78, 5) is 58.8. The van der Waals surface area contributed by atoms with E-state index in [0.717, 1.165) is 16.5 Å². The number of rotatable bonds is 8. The molecule has 6 rings (SSSR count). The van der Waals surface area contributed by atoms with Gasteiger partial charge in [-0.15, -0.1) is 0 Å². The number of carbonyl (C=O) groups is 2. The van der Waals surface area contributed by atoms with Crippen LogP contribution < -0.4 is 5.56 Å². The number of imidazole rings is 1. The second-order valence-electron chi connectivity index (χ2n) is 10.3. The lowest BCUT2D eigenvalue weighted by Gasteiger charge is -2.35. The van der Waals surface area contributed by atoms with Crippen LogP contribution in [0, 0.1) is 10.1 Å². The van der Waals surface area contributed by atoms with Crippen LogP contribution in [0.4, 0.5) is 10.7 Å². The van der Waals surface area contributed by atoms with Gasteiger partial charge in [0.2, 0.25) is 5.60 Å². The Bertz CT molecular complexity index is 1880. The van der Waals surface area contributed by atoms with E-state index in [1.54, 1.807) is 35.8 Å². The summed E-state index contributed by atoms with van der Waals surface area (Å²) in [6, 6.07) is 6.57. The highest BCUT2D eigenvalue weighted by molar-refractivity contribution is 5.90. The molecule has 0 amide bonds. The molecule has 3 aromatic heterocycles. The van der Waals surface area contributed by atoms with Crippen LogP contribution in [0.25, 0.3) is 22.3 Å². The molecule has 0 spiro atoms. The van der Waals surface area contributed by atoms with Crippen LogP contribution in [0.3, 0.4) is 0 Å². The molecule has 222 valence electrons. The fraction of sp³-hybridized carbons (Fsp3) is 0.345. The first kappa shape index (κ1) is 27.9. The van der Waals surface area contributed by atoms with Crippen molar-refractivity contribution in [2.45, 2.75) is 58.4 Å². The van der Waals surface area contributed by atoms with Crippen molar-refractivity contribution in [3.63, 3.8) is 0 Å². The second kappa shape index (κ2) is 10.5. The number of nitro groups is 1. The van der Waals surface area contributed by atoms with Crippen molar-refractivity contribution in [1.29, 1.82) is 0 Å². The van der Waals surface area contributed by atoms with Gasteiger partial charge in [-0.1, -0.05) is 18.8 Å². The molecule has 5 heterocycles. The van der Waals surface area contributed by atoms with Gasteiger partial charge in [0, 0.05) is 22.9 Å². The molecule has 14 heteroatoms. The summed E-state index contributed by atoms with van der Waals surface area (Å²) in [5.41, 5.74) is 1.59. The Balaban J connectivity index is 1.32. The highest BCUT2D eigenvalue weighted by Crippen LogP contribution is 2.42. The molecule has 1 atom stereocenters. The van der Waals surface area contributed by atoms with E-state index in [1.807, 2.05) is 6.92 Å². The maximum absolute atomic E-state index is 13.8. The SMILES string of the molecule is CCc1c2c(nc3ccc(O)cc13)-c1cc3c(c(=O)n1C2)COC(=O)[C@@]3(CC)OC(=O)OCCCn1ccnc1[N+](=O)[O-]. The predicted molar refractivity (Wildman–Crippen MR) is 149 cm³/mol. The number of esters is 1. The molecule has 0 fully saturated rings. The summed E-state index contributed by atoms with van der Waals surface area (Å²) in [6.45, 7) is 3.61. The van der Waals surface area contributed by atoms with Gasteiger partial charge < -0.3 is 34.0 Å². The number of hydrogen-bond donors (Lipinski definition) is 1. The molecular weight excluding hydrogens is 562 g/mol. The number of ether oxygens (including phenoxy) is 3. The molecule has 14 nitrogen and oxygen atoms in total. The lowest BCUT2D eigenvalue weighted by atomic mass is 9.85. The molecule has 0 aliphatic carbocycles. The van der Waals surface area contributed by atoms with E-state index in [0.29, 0.717) is 23.3 Å². The Kier molecular flexibility index (Phi) is 6.83. The summed E-state index contributed by atoms with van der Waals surface area (Å²) in [6.07, 6.45) is 2.41. The van der Waals surface area contributed by atoms with Gasteiger partial charge in [-0.2, -0.15) is 0 Å². The molecule has 0 saturated carbocycles. The number of benzene rings is 1. The van der Waals surface area contributed by atoms with Crippen LogP contribution in [0.5, 0.6) is 5.75 Å². The van der Waals surface area contributed by atoms with Gasteiger partial charge >= 0.3 is 18.1 Å². The number of fused-ring (bicyclic) bond motifs is 5. The van der Waals surface area contributed by atoms with Crippen LogP contribution >= 0.6 is 0 Å². The Morgan fingerprint density at radius 1 is 1.23 bits per heavy atom. The van der Waals surface area contributed by atoms with Gasteiger partial charge in [0.05, 0.1) is 42.2 Å². The highest BCUT2D eigenvalue weighted by atomic mass is 16.7. The van der Waals surface area contributed by atoms with E-state index >= 15 is 0 Å². The Hall–Kier alpha value is -5.27. The number of aryl methyl sites for hydroxylation is 2. The van der Waals surface area contributed by atoms with Crippen molar-refractivity contribution in [2.75, 3.05) is 6.61 Å². The number of pyridine rings is 2. The smallest absolute Gasteiger partial charge is 0.508 e. The molecule has 2 aliphatic heterocycles. The highest BCUT2D eigenvalue weighted by Gasteiger charge is 2.51. The number of phenolic OH excluding ortho intramolecular Hbond substituents is 1. The van der Waals surface area contributed by atoms with Crippen molar-refractivity contribution >= 4 is 29.0 Å². The van der Waals surface area contributed by atoms with Crippen molar-refractivity contribution < 1.29 is 33.8 Å². The molecule has 2 aliphatic rings. The van der Waals surface area contributed by atoms with Gasteiger partial charge in [-0.3, -0.25) is 4.79 Å². The first-order valence-electron chi connectivity index (χ1n) is 13.8. The van der Waals surface area contributed by atoms with Crippen LogP contribution in [0.15, 0.2) is 41.5 Å².